The summed E-state index contributed by atoms with van der Waals surface area (Å²) in [5, 5.41) is 0.859. The highest BCUT2D eigenvalue weighted by atomic mass is 35.5. The van der Waals surface area contributed by atoms with E-state index in [0.717, 1.165) is 30.0 Å². The summed E-state index contributed by atoms with van der Waals surface area (Å²) in [6, 6.07) is 4.33. The maximum Gasteiger partial charge on any atom is 0.231 e. The van der Waals surface area contributed by atoms with Crippen LogP contribution in [0.25, 0.3) is 10.2 Å². The van der Waals surface area contributed by atoms with Gasteiger partial charge in [-0.25, -0.2) is 4.98 Å². The molecular formula is C20H30ClN3OS. The molecule has 1 aromatic heterocycles. The lowest BCUT2D eigenvalue weighted by atomic mass is 9.88. The molecule has 0 aliphatic heterocycles. The van der Waals surface area contributed by atoms with E-state index < -0.39 is 0 Å². The quantitative estimate of drug-likeness (QED) is 0.728. The van der Waals surface area contributed by atoms with Crippen molar-refractivity contribution in [2.75, 3.05) is 32.1 Å². The van der Waals surface area contributed by atoms with E-state index in [-0.39, 0.29) is 24.2 Å². The van der Waals surface area contributed by atoms with Crippen LogP contribution in [0.3, 0.4) is 0 Å². The fourth-order valence-electron chi connectivity index (χ4n) is 3.45. The number of anilines is 1. The highest BCUT2D eigenvalue weighted by Gasteiger charge is 2.28. The number of amides is 1. The summed E-state index contributed by atoms with van der Waals surface area (Å²) in [6.45, 7) is 5.81. The first-order valence-electron chi connectivity index (χ1n) is 9.29. The Morgan fingerprint density at radius 2 is 1.77 bits per heavy atom. The van der Waals surface area contributed by atoms with Gasteiger partial charge in [0.25, 0.3) is 0 Å². The second-order valence-electron chi connectivity index (χ2n) is 7.53. The second kappa shape index (κ2) is 9.16. The summed E-state index contributed by atoms with van der Waals surface area (Å²) >= 11 is 1.65. The number of rotatable bonds is 5. The molecule has 0 radical (unpaired) electrons. The van der Waals surface area contributed by atoms with E-state index in [2.05, 4.69) is 30.9 Å². The van der Waals surface area contributed by atoms with Crippen molar-refractivity contribution >= 4 is 45.0 Å². The predicted octanol–water partition coefficient (Wildman–Crippen LogP) is 4.81. The van der Waals surface area contributed by atoms with E-state index in [4.69, 9.17) is 4.98 Å². The van der Waals surface area contributed by atoms with Crippen molar-refractivity contribution in [3.8, 4) is 0 Å². The zero-order valence-electron chi connectivity index (χ0n) is 16.2. The molecule has 0 bridgehead atoms. The number of likely N-dealkylation sites (N-methyl/N-ethyl adjacent to an activating group) is 1. The fourth-order valence-corrected chi connectivity index (χ4v) is 4.53. The Kier molecular flexibility index (Phi) is 7.44. The summed E-state index contributed by atoms with van der Waals surface area (Å²) < 4.78 is 1.17. The molecule has 1 fully saturated rings. The molecule has 0 unspecified atom stereocenters. The molecule has 0 spiro atoms. The number of nitrogens with zero attached hydrogens (tertiary/aromatic N) is 3. The van der Waals surface area contributed by atoms with Gasteiger partial charge in [-0.05, 0) is 64.0 Å². The number of hydrogen-bond donors (Lipinski definition) is 0. The molecule has 4 nitrogen and oxygen atoms in total. The first-order valence-corrected chi connectivity index (χ1v) is 10.1. The van der Waals surface area contributed by atoms with Crippen molar-refractivity contribution < 1.29 is 4.79 Å². The van der Waals surface area contributed by atoms with Gasteiger partial charge in [0.15, 0.2) is 5.13 Å². The van der Waals surface area contributed by atoms with Crippen LogP contribution in [-0.2, 0) is 4.79 Å². The van der Waals surface area contributed by atoms with Crippen molar-refractivity contribution in [3.05, 3.63) is 23.3 Å². The third-order valence-corrected chi connectivity index (χ3v) is 6.26. The second-order valence-corrected chi connectivity index (χ2v) is 8.54. The number of carbonyl (C=O) groups is 1. The number of carbonyl (C=O) groups excluding carboxylic acids is 1. The van der Waals surface area contributed by atoms with Gasteiger partial charge in [0, 0.05) is 19.0 Å². The predicted molar refractivity (Wildman–Crippen MR) is 114 cm³/mol. The Morgan fingerprint density at radius 3 is 2.42 bits per heavy atom. The van der Waals surface area contributed by atoms with Crippen LogP contribution in [0.5, 0.6) is 0 Å². The molecule has 144 valence electrons. The van der Waals surface area contributed by atoms with Gasteiger partial charge in [-0.15, -0.1) is 12.4 Å². The van der Waals surface area contributed by atoms with E-state index >= 15 is 0 Å². The van der Waals surface area contributed by atoms with Crippen molar-refractivity contribution in [2.45, 2.75) is 46.0 Å². The molecule has 1 aliphatic carbocycles. The van der Waals surface area contributed by atoms with E-state index in [1.54, 1.807) is 11.3 Å². The normalized spacial score (nSPS) is 15.3. The Balaban J connectivity index is 0.00000243. The van der Waals surface area contributed by atoms with Crippen LogP contribution in [-0.4, -0.2) is 43.0 Å². The molecule has 0 atom stereocenters. The minimum absolute atomic E-state index is 0. The Labute approximate surface area is 167 Å². The first-order chi connectivity index (χ1) is 12.0. The molecule has 26 heavy (non-hydrogen) atoms. The summed E-state index contributed by atoms with van der Waals surface area (Å²) in [4.78, 5) is 22.1. The van der Waals surface area contributed by atoms with Crippen LogP contribution in [0.2, 0.25) is 0 Å². The lowest BCUT2D eigenvalue weighted by Crippen LogP contribution is -2.41. The summed E-state index contributed by atoms with van der Waals surface area (Å²) in [5.41, 5.74) is 3.54. The zero-order valence-corrected chi connectivity index (χ0v) is 17.9. The fraction of sp³-hybridized carbons (Fsp3) is 0.600. The molecule has 6 heteroatoms. The lowest BCUT2D eigenvalue weighted by Gasteiger charge is -2.28. The zero-order chi connectivity index (χ0) is 18.0. The van der Waals surface area contributed by atoms with E-state index in [1.165, 1.54) is 35.1 Å². The maximum atomic E-state index is 13.2. The SMILES string of the molecule is Cc1cc2nc(N(CCN(C)C)C(=O)C3CCCCC3)sc2cc1C.Cl. The molecule has 0 saturated heterocycles. The number of aryl methyl sites for hydroxylation is 2. The standard InChI is InChI=1S/C20H29N3OS.ClH/c1-14-12-17-18(13-15(14)2)25-20(21-17)23(11-10-22(3)4)19(24)16-8-6-5-7-9-16;/h12-13,16H,5-11H2,1-4H3;1H. The van der Waals surface area contributed by atoms with Gasteiger partial charge in [0.1, 0.15) is 0 Å². The molecule has 3 rings (SSSR count). The number of fused-ring (bicyclic) bond motifs is 1. The van der Waals surface area contributed by atoms with Gasteiger partial charge < -0.3 is 4.90 Å². The maximum absolute atomic E-state index is 13.2. The van der Waals surface area contributed by atoms with Gasteiger partial charge in [-0.3, -0.25) is 9.69 Å². The Bertz CT molecular complexity index is 714. The number of aromatic nitrogens is 1. The minimum atomic E-state index is 0. The monoisotopic (exact) mass is 395 g/mol. The molecule has 1 aromatic carbocycles. The summed E-state index contributed by atoms with van der Waals surface area (Å²) in [7, 11) is 4.10. The van der Waals surface area contributed by atoms with Crippen LogP contribution in [0.1, 0.15) is 43.2 Å². The first kappa shape index (κ1) is 21.1. The molecular weight excluding hydrogens is 366 g/mol. The van der Waals surface area contributed by atoms with Gasteiger partial charge in [0.05, 0.1) is 10.2 Å². The van der Waals surface area contributed by atoms with Crippen molar-refractivity contribution in [1.82, 2.24) is 9.88 Å². The topological polar surface area (TPSA) is 36.4 Å². The van der Waals surface area contributed by atoms with Gasteiger partial charge in [-0.1, -0.05) is 30.6 Å². The van der Waals surface area contributed by atoms with Crippen LogP contribution in [0.15, 0.2) is 12.1 Å². The molecule has 2 aromatic rings. The number of hydrogen-bond acceptors (Lipinski definition) is 4. The summed E-state index contributed by atoms with van der Waals surface area (Å²) in [5.74, 6) is 0.445. The van der Waals surface area contributed by atoms with Crippen molar-refractivity contribution in [2.24, 2.45) is 5.92 Å². The molecule has 1 aliphatic rings. The smallest absolute Gasteiger partial charge is 0.231 e. The molecule has 1 saturated carbocycles. The van der Waals surface area contributed by atoms with E-state index in [0.29, 0.717) is 6.54 Å². The lowest BCUT2D eigenvalue weighted by molar-refractivity contribution is -0.123. The number of halogens is 1. The van der Waals surface area contributed by atoms with Crippen molar-refractivity contribution in [1.29, 1.82) is 0 Å². The van der Waals surface area contributed by atoms with Gasteiger partial charge in [0.2, 0.25) is 5.91 Å². The van der Waals surface area contributed by atoms with Crippen LogP contribution in [0, 0.1) is 19.8 Å². The largest absolute Gasteiger partial charge is 0.308 e. The third-order valence-electron chi connectivity index (χ3n) is 5.21. The number of benzene rings is 1. The molecule has 1 amide bonds. The van der Waals surface area contributed by atoms with Gasteiger partial charge in [-0.2, -0.15) is 0 Å². The van der Waals surface area contributed by atoms with Crippen molar-refractivity contribution in [3.63, 3.8) is 0 Å². The Morgan fingerprint density at radius 1 is 1.12 bits per heavy atom. The minimum Gasteiger partial charge on any atom is -0.308 e. The third kappa shape index (κ3) is 4.76. The van der Waals surface area contributed by atoms with Crippen LogP contribution < -0.4 is 4.90 Å². The average Bonchev–Trinajstić information content (AvgIpc) is 2.98. The average molecular weight is 396 g/mol. The highest BCUT2D eigenvalue weighted by molar-refractivity contribution is 7.22. The van der Waals surface area contributed by atoms with Gasteiger partial charge >= 0.3 is 0 Å². The van der Waals surface area contributed by atoms with E-state index in [9.17, 15) is 4.79 Å². The summed E-state index contributed by atoms with van der Waals surface area (Å²) in [6.07, 6.45) is 5.67. The van der Waals surface area contributed by atoms with Crippen LogP contribution in [0.4, 0.5) is 5.13 Å². The highest BCUT2D eigenvalue weighted by Crippen LogP contribution is 2.33. The number of thiazole rings is 1. The molecule has 0 N–H and O–H groups in total. The van der Waals surface area contributed by atoms with E-state index in [1.807, 2.05) is 19.0 Å². The molecule has 1 heterocycles. The Hall–Kier alpha value is -1.17. The van der Waals surface area contributed by atoms with Crippen LogP contribution >= 0.6 is 23.7 Å².